The van der Waals surface area contributed by atoms with Crippen molar-refractivity contribution in [1.82, 2.24) is 0 Å². The molecule has 2 N–H and O–H groups in total. The van der Waals surface area contributed by atoms with Crippen molar-refractivity contribution in [1.29, 1.82) is 0 Å². The molecule has 0 heterocycles. The maximum absolute atomic E-state index is 10.8. The van der Waals surface area contributed by atoms with Gasteiger partial charge in [-0.3, -0.25) is 0 Å². The molecule has 2 aliphatic rings. The van der Waals surface area contributed by atoms with Crippen LogP contribution in [-0.2, 0) is 14.7 Å². The van der Waals surface area contributed by atoms with Gasteiger partial charge < -0.3 is 5.11 Å². The first-order valence-electron chi connectivity index (χ1n) is 8.80. The molecule has 5 heteroatoms. The van der Waals surface area contributed by atoms with Crippen LogP contribution in [0.3, 0.4) is 0 Å². The van der Waals surface area contributed by atoms with Gasteiger partial charge in [0.2, 0.25) is 5.79 Å². The minimum atomic E-state index is -1.34. The molecule has 2 saturated carbocycles. The third kappa shape index (κ3) is 4.89. The molecule has 0 aromatic carbocycles. The molecule has 23 heavy (non-hydrogen) atoms. The molecule has 0 spiro atoms. The van der Waals surface area contributed by atoms with Gasteiger partial charge in [-0.15, -0.1) is 0 Å². The Morgan fingerprint density at radius 2 is 1.30 bits per heavy atom. The van der Waals surface area contributed by atoms with E-state index in [4.69, 9.17) is 14.7 Å². The van der Waals surface area contributed by atoms with Crippen molar-refractivity contribution in [3.05, 3.63) is 0 Å². The van der Waals surface area contributed by atoms with Crippen LogP contribution < -0.4 is 0 Å². The first kappa shape index (κ1) is 19.1. The SMILES string of the molecule is CC1CC(C)(C)CC(O)(OOC2(OO)CC(C)CC(C)(C)C2)C1. The highest BCUT2D eigenvalue weighted by atomic mass is 17.3. The average Bonchev–Trinajstić information content (AvgIpc) is 2.31. The normalized spacial score (nSPS) is 43.3. The molecule has 0 aromatic rings. The van der Waals surface area contributed by atoms with Gasteiger partial charge in [0.05, 0.1) is 0 Å². The predicted molar refractivity (Wildman–Crippen MR) is 87.2 cm³/mol. The van der Waals surface area contributed by atoms with E-state index < -0.39 is 11.6 Å². The van der Waals surface area contributed by atoms with Crippen molar-refractivity contribution in [2.45, 2.75) is 91.6 Å². The summed E-state index contributed by atoms with van der Waals surface area (Å²) >= 11 is 0. The Labute approximate surface area is 140 Å². The topological polar surface area (TPSA) is 68.2 Å². The molecule has 0 aromatic heterocycles. The van der Waals surface area contributed by atoms with Crippen molar-refractivity contribution in [2.24, 2.45) is 22.7 Å². The number of hydrogen-bond donors (Lipinski definition) is 2. The van der Waals surface area contributed by atoms with Crippen molar-refractivity contribution in [3.63, 3.8) is 0 Å². The average molecular weight is 330 g/mol. The Balaban J connectivity index is 2.07. The zero-order valence-corrected chi connectivity index (χ0v) is 15.5. The minimum absolute atomic E-state index is 0.0118. The van der Waals surface area contributed by atoms with Crippen LogP contribution in [0.15, 0.2) is 0 Å². The number of hydrogen-bond acceptors (Lipinski definition) is 5. The van der Waals surface area contributed by atoms with Crippen LogP contribution in [0.5, 0.6) is 0 Å². The summed E-state index contributed by atoms with van der Waals surface area (Å²) in [6.45, 7) is 12.7. The van der Waals surface area contributed by atoms with E-state index in [2.05, 4.69) is 41.5 Å². The summed E-state index contributed by atoms with van der Waals surface area (Å²) in [4.78, 5) is 15.9. The molecule has 5 nitrogen and oxygen atoms in total. The van der Waals surface area contributed by atoms with E-state index in [9.17, 15) is 10.4 Å². The summed E-state index contributed by atoms with van der Waals surface area (Å²) < 4.78 is 0. The summed E-state index contributed by atoms with van der Waals surface area (Å²) in [6, 6.07) is 0. The lowest BCUT2D eigenvalue weighted by Gasteiger charge is -2.47. The zero-order valence-electron chi connectivity index (χ0n) is 15.5. The summed E-state index contributed by atoms with van der Waals surface area (Å²) in [5.74, 6) is -1.86. The van der Waals surface area contributed by atoms with Gasteiger partial charge >= 0.3 is 0 Å². The van der Waals surface area contributed by atoms with Gasteiger partial charge in [-0.05, 0) is 35.5 Å². The first-order chi connectivity index (χ1) is 10.4. The van der Waals surface area contributed by atoms with Crippen LogP contribution in [0.25, 0.3) is 0 Å². The van der Waals surface area contributed by atoms with E-state index >= 15 is 0 Å². The fourth-order valence-corrected chi connectivity index (χ4v) is 5.24. The van der Waals surface area contributed by atoms with Gasteiger partial charge in [-0.2, -0.15) is 9.78 Å². The molecule has 2 fully saturated rings. The van der Waals surface area contributed by atoms with Crippen LogP contribution in [0, 0.1) is 22.7 Å². The highest BCUT2D eigenvalue weighted by molar-refractivity contribution is 4.89. The highest BCUT2D eigenvalue weighted by Gasteiger charge is 2.50. The molecular weight excluding hydrogens is 296 g/mol. The maximum atomic E-state index is 10.8. The summed E-state index contributed by atoms with van der Waals surface area (Å²) in [6.07, 6.45) is 4.18. The van der Waals surface area contributed by atoms with Crippen molar-refractivity contribution in [2.75, 3.05) is 0 Å². The Morgan fingerprint density at radius 3 is 1.78 bits per heavy atom. The van der Waals surface area contributed by atoms with Gasteiger partial charge in [-0.1, -0.05) is 41.5 Å². The van der Waals surface area contributed by atoms with Crippen LogP contribution in [-0.4, -0.2) is 21.9 Å². The Bertz CT molecular complexity index is 422. The highest BCUT2D eigenvalue weighted by Crippen LogP contribution is 2.48. The summed E-state index contributed by atoms with van der Waals surface area (Å²) in [5.41, 5.74) is -0.0341. The second-order valence-electron chi connectivity index (χ2n) is 9.82. The summed E-state index contributed by atoms with van der Waals surface area (Å²) in [5, 5.41) is 20.3. The lowest BCUT2D eigenvalue weighted by atomic mass is 9.70. The quantitative estimate of drug-likeness (QED) is 0.451. The largest absolute Gasteiger partial charge is 0.363 e. The smallest absolute Gasteiger partial charge is 0.234 e. The third-order valence-electron chi connectivity index (χ3n) is 5.15. The third-order valence-corrected chi connectivity index (χ3v) is 5.15. The van der Waals surface area contributed by atoms with Crippen molar-refractivity contribution in [3.8, 4) is 0 Å². The number of rotatable bonds is 4. The fourth-order valence-electron chi connectivity index (χ4n) is 5.24. The van der Waals surface area contributed by atoms with Gasteiger partial charge in [-0.25, -0.2) is 10.1 Å². The molecule has 0 aliphatic heterocycles. The van der Waals surface area contributed by atoms with Gasteiger partial charge in [0.15, 0.2) is 5.79 Å². The molecular formula is C18H34O5. The second-order valence-corrected chi connectivity index (χ2v) is 9.82. The molecule has 4 unspecified atom stereocenters. The van der Waals surface area contributed by atoms with Gasteiger partial charge in [0.25, 0.3) is 0 Å². The molecule has 2 aliphatic carbocycles. The lowest BCUT2D eigenvalue weighted by molar-refractivity contribution is -0.556. The maximum Gasteiger partial charge on any atom is 0.234 e. The van der Waals surface area contributed by atoms with Crippen molar-refractivity contribution >= 4 is 0 Å². The van der Waals surface area contributed by atoms with Crippen molar-refractivity contribution < 1.29 is 25.0 Å². The Morgan fingerprint density at radius 1 is 0.783 bits per heavy atom. The predicted octanol–water partition coefficient (Wildman–Crippen LogP) is 4.50. The Kier molecular flexibility index (Phi) is 5.21. The molecule has 4 atom stereocenters. The monoisotopic (exact) mass is 330 g/mol. The minimum Gasteiger partial charge on any atom is -0.363 e. The molecule has 0 bridgehead atoms. The molecule has 0 radical (unpaired) electrons. The van der Waals surface area contributed by atoms with E-state index in [0.717, 1.165) is 12.8 Å². The van der Waals surface area contributed by atoms with Crippen LogP contribution in [0.1, 0.15) is 80.1 Å². The first-order valence-corrected chi connectivity index (χ1v) is 8.80. The van der Waals surface area contributed by atoms with Crippen LogP contribution in [0.4, 0.5) is 0 Å². The molecule has 0 amide bonds. The standard InChI is InChI=1S/C18H34O5/c1-13-7-15(3,4)11-17(19,9-13)22-23-18(21-20)10-14(2)8-16(5,6)12-18/h13-14,19-20H,7-12H2,1-6H3. The Hall–Kier alpha value is -0.200. The fraction of sp³-hybridized carbons (Fsp3) is 1.00. The van der Waals surface area contributed by atoms with Crippen LogP contribution in [0.2, 0.25) is 0 Å². The van der Waals surface area contributed by atoms with Crippen LogP contribution >= 0.6 is 0 Å². The zero-order chi connectivity index (χ0) is 17.5. The number of aliphatic hydroxyl groups is 1. The van der Waals surface area contributed by atoms with E-state index in [1.165, 1.54) is 0 Å². The lowest BCUT2D eigenvalue weighted by Crippen LogP contribution is -2.50. The van der Waals surface area contributed by atoms with Gasteiger partial charge in [0.1, 0.15) is 0 Å². The molecule has 2 rings (SSSR count). The molecule has 0 saturated heterocycles. The summed E-state index contributed by atoms with van der Waals surface area (Å²) in [7, 11) is 0. The van der Waals surface area contributed by atoms with Gasteiger partial charge in [0, 0.05) is 25.7 Å². The van der Waals surface area contributed by atoms with E-state index in [0.29, 0.717) is 37.5 Å². The van der Waals surface area contributed by atoms with E-state index in [-0.39, 0.29) is 10.8 Å². The van der Waals surface area contributed by atoms with E-state index in [1.807, 2.05) is 0 Å². The van der Waals surface area contributed by atoms with E-state index in [1.54, 1.807) is 0 Å². The second kappa shape index (κ2) is 6.26. The molecule has 136 valence electrons.